The van der Waals surface area contributed by atoms with Crippen molar-refractivity contribution in [3.05, 3.63) is 51.7 Å². The molecule has 0 saturated carbocycles. The van der Waals surface area contributed by atoms with Crippen molar-refractivity contribution in [3.63, 3.8) is 0 Å². The van der Waals surface area contributed by atoms with Gasteiger partial charge in [0.2, 0.25) is 5.89 Å². The maximum atomic E-state index is 11.9. The molecule has 1 heterocycles. The predicted octanol–water partition coefficient (Wildman–Crippen LogP) is 1.66. The number of nitro groups is 1. The number of nitrogens with zero attached hydrogens (tertiary/aromatic N) is 2. The number of nitro benzene ring substituents is 1. The van der Waals surface area contributed by atoms with Crippen molar-refractivity contribution in [1.29, 1.82) is 0 Å². The minimum atomic E-state index is -0.601. The third-order valence-corrected chi connectivity index (χ3v) is 2.84. The van der Waals surface area contributed by atoms with Gasteiger partial charge < -0.3 is 15.5 Å². The second-order valence-corrected chi connectivity index (χ2v) is 4.29. The van der Waals surface area contributed by atoms with Crippen molar-refractivity contribution >= 4 is 17.3 Å². The van der Waals surface area contributed by atoms with Gasteiger partial charge in [0.15, 0.2) is 0 Å². The molecule has 0 fully saturated rings. The quantitative estimate of drug-likeness (QED) is 0.490. The number of nitrogen functional groups attached to an aromatic ring is 1. The van der Waals surface area contributed by atoms with E-state index >= 15 is 0 Å². The topological polar surface area (TPSA) is 124 Å². The average molecular weight is 290 g/mol. The van der Waals surface area contributed by atoms with Gasteiger partial charge >= 0.3 is 0 Å². The van der Waals surface area contributed by atoms with E-state index in [1.54, 1.807) is 6.20 Å². The van der Waals surface area contributed by atoms with Crippen LogP contribution in [0, 0.1) is 10.1 Å². The lowest BCUT2D eigenvalue weighted by atomic mass is 10.1. The number of hydrogen-bond donors (Lipinski definition) is 2. The van der Waals surface area contributed by atoms with Gasteiger partial charge in [-0.05, 0) is 12.1 Å². The van der Waals surface area contributed by atoms with Gasteiger partial charge in [-0.1, -0.05) is 6.92 Å². The highest BCUT2D eigenvalue weighted by atomic mass is 16.6. The van der Waals surface area contributed by atoms with Gasteiger partial charge in [0.1, 0.15) is 11.4 Å². The Kier molecular flexibility index (Phi) is 4.17. The Bertz CT molecular complexity index is 681. The summed E-state index contributed by atoms with van der Waals surface area (Å²) in [5.74, 6) is 0.724. The normalized spacial score (nSPS) is 10.3. The molecule has 8 heteroatoms. The number of nitrogens with two attached hydrogens (primary N) is 1. The number of oxazole rings is 1. The first-order valence-electron chi connectivity index (χ1n) is 6.27. The Morgan fingerprint density at radius 2 is 2.29 bits per heavy atom. The molecule has 2 rings (SSSR count). The van der Waals surface area contributed by atoms with Gasteiger partial charge in [0, 0.05) is 18.1 Å². The number of hydrogen-bond acceptors (Lipinski definition) is 6. The van der Waals surface area contributed by atoms with Crippen LogP contribution in [-0.2, 0) is 13.0 Å². The summed E-state index contributed by atoms with van der Waals surface area (Å²) in [6.45, 7) is 2.07. The molecular formula is C13H14N4O4. The van der Waals surface area contributed by atoms with Crippen LogP contribution in [0.5, 0.6) is 0 Å². The number of nitrogens with one attached hydrogen (secondary N) is 1. The SMILES string of the molecule is CCc1cnc(CNC(=O)c2ccc([N+](=O)[O-])c(N)c2)o1. The molecule has 3 N–H and O–H groups in total. The molecule has 1 aromatic heterocycles. The van der Waals surface area contributed by atoms with Crippen LogP contribution in [0.4, 0.5) is 11.4 Å². The first kappa shape index (κ1) is 14.5. The van der Waals surface area contributed by atoms with E-state index in [-0.39, 0.29) is 23.5 Å². The van der Waals surface area contributed by atoms with Crippen LogP contribution in [0.25, 0.3) is 0 Å². The lowest BCUT2D eigenvalue weighted by Gasteiger charge is -2.04. The van der Waals surface area contributed by atoms with Crippen LogP contribution in [0.3, 0.4) is 0 Å². The predicted molar refractivity (Wildman–Crippen MR) is 74.6 cm³/mol. The van der Waals surface area contributed by atoms with E-state index in [2.05, 4.69) is 10.3 Å². The molecule has 0 bridgehead atoms. The lowest BCUT2D eigenvalue weighted by Crippen LogP contribution is -2.23. The Labute approximate surface area is 120 Å². The summed E-state index contributed by atoms with van der Waals surface area (Å²) in [5.41, 5.74) is 5.48. The van der Waals surface area contributed by atoms with Gasteiger partial charge in [-0.3, -0.25) is 14.9 Å². The third-order valence-electron chi connectivity index (χ3n) is 2.84. The van der Waals surface area contributed by atoms with Crippen molar-refractivity contribution in [2.75, 3.05) is 5.73 Å². The van der Waals surface area contributed by atoms with Crippen molar-refractivity contribution in [2.24, 2.45) is 0 Å². The molecule has 0 saturated heterocycles. The maximum Gasteiger partial charge on any atom is 0.292 e. The number of rotatable bonds is 5. The highest BCUT2D eigenvalue weighted by Crippen LogP contribution is 2.21. The molecule has 0 aliphatic carbocycles. The van der Waals surface area contributed by atoms with Crippen molar-refractivity contribution < 1.29 is 14.1 Å². The first-order chi connectivity index (χ1) is 10.0. The number of carbonyl (C=O) groups excluding carboxylic acids is 1. The Hall–Kier alpha value is -2.90. The highest BCUT2D eigenvalue weighted by Gasteiger charge is 2.15. The molecule has 0 atom stereocenters. The molecule has 2 aromatic rings. The van der Waals surface area contributed by atoms with Crippen molar-refractivity contribution in [3.8, 4) is 0 Å². The summed E-state index contributed by atoms with van der Waals surface area (Å²) in [5, 5.41) is 13.3. The van der Waals surface area contributed by atoms with Crippen LogP contribution in [0.1, 0.15) is 28.9 Å². The van der Waals surface area contributed by atoms with E-state index in [4.69, 9.17) is 10.2 Å². The number of anilines is 1. The molecule has 0 spiro atoms. The standard InChI is InChI=1S/C13H14N4O4/c1-2-9-6-15-12(21-9)7-16-13(18)8-3-4-11(17(19)20)10(14)5-8/h3-6H,2,7,14H2,1H3,(H,16,18). The van der Waals surface area contributed by atoms with Gasteiger partial charge in [0.05, 0.1) is 17.7 Å². The zero-order valence-corrected chi connectivity index (χ0v) is 11.3. The first-order valence-corrected chi connectivity index (χ1v) is 6.27. The smallest absolute Gasteiger partial charge is 0.292 e. The molecule has 1 aromatic carbocycles. The molecule has 1 amide bonds. The number of benzene rings is 1. The molecule has 0 radical (unpaired) electrons. The van der Waals surface area contributed by atoms with E-state index in [9.17, 15) is 14.9 Å². The zero-order valence-electron chi connectivity index (χ0n) is 11.3. The van der Waals surface area contributed by atoms with E-state index in [0.717, 1.165) is 12.2 Å². The summed E-state index contributed by atoms with van der Waals surface area (Å²) in [4.78, 5) is 26.0. The second-order valence-electron chi connectivity index (χ2n) is 4.29. The van der Waals surface area contributed by atoms with E-state index in [0.29, 0.717) is 5.89 Å². The van der Waals surface area contributed by atoms with Crippen LogP contribution in [0.2, 0.25) is 0 Å². The Morgan fingerprint density at radius 3 is 2.86 bits per heavy atom. The van der Waals surface area contributed by atoms with E-state index in [1.807, 2.05) is 6.92 Å². The van der Waals surface area contributed by atoms with E-state index in [1.165, 1.54) is 18.2 Å². The minimum Gasteiger partial charge on any atom is -0.444 e. The van der Waals surface area contributed by atoms with Gasteiger partial charge in [-0.15, -0.1) is 0 Å². The average Bonchev–Trinajstić information content (AvgIpc) is 2.92. The summed E-state index contributed by atoms with van der Waals surface area (Å²) in [7, 11) is 0. The Morgan fingerprint density at radius 1 is 1.52 bits per heavy atom. The molecule has 8 nitrogen and oxygen atoms in total. The van der Waals surface area contributed by atoms with Crippen molar-refractivity contribution in [2.45, 2.75) is 19.9 Å². The van der Waals surface area contributed by atoms with Crippen molar-refractivity contribution in [1.82, 2.24) is 10.3 Å². The molecule has 0 unspecified atom stereocenters. The Balaban J connectivity index is 2.03. The second kappa shape index (κ2) is 6.04. The third kappa shape index (κ3) is 3.35. The number of aromatic nitrogens is 1. The summed E-state index contributed by atoms with van der Waals surface area (Å²) < 4.78 is 5.35. The molecular weight excluding hydrogens is 276 g/mol. The van der Waals surface area contributed by atoms with Crippen LogP contribution in [0.15, 0.2) is 28.8 Å². The molecule has 110 valence electrons. The summed E-state index contributed by atoms with van der Waals surface area (Å²) >= 11 is 0. The monoisotopic (exact) mass is 290 g/mol. The minimum absolute atomic E-state index is 0.0583. The number of aryl methyl sites for hydroxylation is 1. The number of amides is 1. The fourth-order valence-electron chi connectivity index (χ4n) is 1.71. The molecule has 21 heavy (non-hydrogen) atoms. The summed E-state index contributed by atoms with van der Waals surface area (Å²) in [6, 6.07) is 3.81. The van der Waals surface area contributed by atoms with Gasteiger partial charge in [-0.25, -0.2) is 4.98 Å². The maximum absolute atomic E-state index is 11.9. The van der Waals surface area contributed by atoms with Gasteiger partial charge in [-0.2, -0.15) is 0 Å². The zero-order chi connectivity index (χ0) is 15.4. The summed E-state index contributed by atoms with van der Waals surface area (Å²) in [6.07, 6.45) is 2.32. The van der Waals surface area contributed by atoms with Gasteiger partial charge in [0.25, 0.3) is 11.6 Å². The van der Waals surface area contributed by atoms with Crippen LogP contribution in [-0.4, -0.2) is 15.8 Å². The van der Waals surface area contributed by atoms with Crippen LogP contribution >= 0.6 is 0 Å². The van der Waals surface area contributed by atoms with Crippen LogP contribution < -0.4 is 11.1 Å². The number of carbonyl (C=O) groups is 1. The fourth-order valence-corrected chi connectivity index (χ4v) is 1.71. The fraction of sp³-hybridized carbons (Fsp3) is 0.231. The molecule has 0 aliphatic rings. The highest BCUT2D eigenvalue weighted by molar-refractivity contribution is 5.95. The largest absolute Gasteiger partial charge is 0.444 e. The van der Waals surface area contributed by atoms with E-state index < -0.39 is 10.8 Å². The lowest BCUT2D eigenvalue weighted by molar-refractivity contribution is -0.383. The molecule has 0 aliphatic heterocycles.